The summed E-state index contributed by atoms with van der Waals surface area (Å²) in [7, 11) is 1.54. The van der Waals surface area contributed by atoms with Gasteiger partial charge in [-0.25, -0.2) is 4.79 Å². The monoisotopic (exact) mass is 328 g/mol. The maximum atomic E-state index is 11.9. The van der Waals surface area contributed by atoms with Crippen LogP contribution in [0.2, 0.25) is 5.02 Å². The number of halogens is 1. The third kappa shape index (κ3) is 4.80. The molecule has 0 heterocycles. The van der Waals surface area contributed by atoms with E-state index in [1.807, 2.05) is 0 Å². The third-order valence-corrected chi connectivity index (χ3v) is 3.66. The summed E-state index contributed by atoms with van der Waals surface area (Å²) in [6, 6.07) is 5.13. The lowest BCUT2D eigenvalue weighted by atomic mass is 9.99. The van der Waals surface area contributed by atoms with Gasteiger partial charge in [0.2, 0.25) is 5.91 Å². The Morgan fingerprint density at radius 1 is 1.41 bits per heavy atom. The van der Waals surface area contributed by atoms with Gasteiger partial charge in [-0.3, -0.25) is 4.79 Å². The standard InChI is InChI=1S/C15H21ClN2O4/c1-4-15(2,14(20)21)18-13(19)7-8-17-11-9-10(16)5-6-12(11)22-3/h5-6,9,17H,4,7-8H2,1-3H3,(H,18,19)(H,20,21). The molecule has 0 saturated heterocycles. The lowest BCUT2D eigenvalue weighted by Crippen LogP contribution is -2.51. The Bertz CT molecular complexity index is 550. The summed E-state index contributed by atoms with van der Waals surface area (Å²) in [6.07, 6.45) is 0.447. The summed E-state index contributed by atoms with van der Waals surface area (Å²) in [5, 5.41) is 15.3. The van der Waals surface area contributed by atoms with Crippen LogP contribution >= 0.6 is 11.6 Å². The second-order valence-corrected chi connectivity index (χ2v) is 5.50. The van der Waals surface area contributed by atoms with Crippen LogP contribution in [0.4, 0.5) is 5.69 Å². The molecule has 0 fully saturated rings. The zero-order valence-corrected chi connectivity index (χ0v) is 13.7. The molecule has 0 saturated carbocycles. The molecule has 7 heteroatoms. The van der Waals surface area contributed by atoms with Crippen molar-refractivity contribution in [2.45, 2.75) is 32.2 Å². The molecule has 1 unspecified atom stereocenters. The number of hydrogen-bond donors (Lipinski definition) is 3. The number of rotatable bonds is 8. The largest absolute Gasteiger partial charge is 0.495 e. The number of benzene rings is 1. The van der Waals surface area contributed by atoms with Crippen molar-refractivity contribution in [3.63, 3.8) is 0 Å². The molecule has 0 spiro atoms. The Morgan fingerprint density at radius 2 is 2.09 bits per heavy atom. The molecule has 122 valence electrons. The van der Waals surface area contributed by atoms with Gasteiger partial charge in [0, 0.05) is 18.0 Å². The molecule has 1 aromatic rings. The van der Waals surface area contributed by atoms with Crippen molar-refractivity contribution in [3.05, 3.63) is 23.2 Å². The van der Waals surface area contributed by atoms with Gasteiger partial charge in [0.25, 0.3) is 0 Å². The van der Waals surface area contributed by atoms with Crippen LogP contribution in [-0.4, -0.2) is 36.2 Å². The van der Waals surface area contributed by atoms with Crippen molar-refractivity contribution in [2.75, 3.05) is 19.0 Å². The highest BCUT2D eigenvalue weighted by Crippen LogP contribution is 2.27. The summed E-state index contributed by atoms with van der Waals surface area (Å²) in [5.41, 5.74) is -0.565. The molecular weight excluding hydrogens is 308 g/mol. The maximum absolute atomic E-state index is 11.9. The fourth-order valence-corrected chi connectivity index (χ4v) is 1.96. The first kappa shape index (κ1) is 18.1. The van der Waals surface area contributed by atoms with Gasteiger partial charge in [0.1, 0.15) is 11.3 Å². The van der Waals surface area contributed by atoms with Crippen molar-refractivity contribution >= 4 is 29.2 Å². The van der Waals surface area contributed by atoms with E-state index >= 15 is 0 Å². The van der Waals surface area contributed by atoms with E-state index < -0.39 is 11.5 Å². The number of anilines is 1. The molecular formula is C15H21ClN2O4. The average molecular weight is 329 g/mol. The molecule has 0 aliphatic carbocycles. The van der Waals surface area contributed by atoms with Crippen molar-refractivity contribution in [1.82, 2.24) is 5.32 Å². The lowest BCUT2D eigenvalue weighted by Gasteiger charge is -2.24. The summed E-state index contributed by atoms with van der Waals surface area (Å²) < 4.78 is 5.19. The number of aliphatic carboxylic acids is 1. The Balaban J connectivity index is 2.56. The molecule has 3 N–H and O–H groups in total. The number of ether oxygens (including phenoxy) is 1. The number of amides is 1. The van der Waals surface area contributed by atoms with E-state index in [4.69, 9.17) is 21.4 Å². The minimum atomic E-state index is -1.25. The minimum Gasteiger partial charge on any atom is -0.495 e. The highest BCUT2D eigenvalue weighted by Gasteiger charge is 2.32. The third-order valence-electron chi connectivity index (χ3n) is 3.42. The summed E-state index contributed by atoms with van der Waals surface area (Å²) >= 11 is 5.92. The average Bonchev–Trinajstić information content (AvgIpc) is 2.47. The summed E-state index contributed by atoms with van der Waals surface area (Å²) in [4.78, 5) is 23.0. The van der Waals surface area contributed by atoms with Crippen LogP contribution in [0.1, 0.15) is 26.7 Å². The van der Waals surface area contributed by atoms with Crippen molar-refractivity contribution in [2.24, 2.45) is 0 Å². The van der Waals surface area contributed by atoms with E-state index in [1.54, 1.807) is 32.2 Å². The Hall–Kier alpha value is -1.95. The zero-order valence-electron chi connectivity index (χ0n) is 12.9. The van der Waals surface area contributed by atoms with E-state index in [0.29, 0.717) is 29.4 Å². The van der Waals surface area contributed by atoms with Gasteiger partial charge in [-0.2, -0.15) is 0 Å². The van der Waals surface area contributed by atoms with E-state index in [2.05, 4.69) is 10.6 Å². The highest BCUT2D eigenvalue weighted by molar-refractivity contribution is 6.30. The second kappa shape index (κ2) is 7.89. The smallest absolute Gasteiger partial charge is 0.329 e. The number of methoxy groups -OCH3 is 1. The number of hydrogen-bond acceptors (Lipinski definition) is 4. The number of carboxylic acids is 1. The molecule has 1 aromatic carbocycles. The molecule has 0 aliphatic rings. The van der Waals surface area contributed by atoms with Gasteiger partial charge >= 0.3 is 5.97 Å². The normalized spacial score (nSPS) is 13.1. The Morgan fingerprint density at radius 3 is 2.64 bits per heavy atom. The van der Waals surface area contributed by atoms with Crippen LogP contribution in [0.25, 0.3) is 0 Å². The van der Waals surface area contributed by atoms with Gasteiger partial charge in [-0.15, -0.1) is 0 Å². The van der Waals surface area contributed by atoms with E-state index in [0.717, 1.165) is 0 Å². The van der Waals surface area contributed by atoms with Gasteiger partial charge in [-0.05, 0) is 31.5 Å². The Labute approximate surface area is 134 Å². The number of carboxylic acid groups (broad SMARTS) is 1. The van der Waals surface area contributed by atoms with E-state index in [-0.39, 0.29) is 12.3 Å². The first-order valence-corrected chi connectivity index (χ1v) is 7.32. The predicted molar refractivity (Wildman–Crippen MR) is 85.6 cm³/mol. The van der Waals surface area contributed by atoms with Crippen LogP contribution in [0.15, 0.2) is 18.2 Å². The first-order valence-electron chi connectivity index (χ1n) is 6.94. The predicted octanol–water partition coefficient (Wildman–Crippen LogP) is 2.52. The van der Waals surface area contributed by atoms with E-state index in [1.165, 1.54) is 6.92 Å². The number of nitrogens with one attached hydrogen (secondary N) is 2. The van der Waals surface area contributed by atoms with Gasteiger partial charge in [0.05, 0.1) is 12.8 Å². The Kier molecular flexibility index (Phi) is 6.49. The topological polar surface area (TPSA) is 87.7 Å². The molecule has 1 atom stereocenters. The summed E-state index contributed by atoms with van der Waals surface area (Å²) in [5.74, 6) is -0.762. The van der Waals surface area contributed by atoms with Gasteiger partial charge in [-0.1, -0.05) is 18.5 Å². The quantitative estimate of drug-likeness (QED) is 0.682. The van der Waals surface area contributed by atoms with Gasteiger partial charge in [0.15, 0.2) is 0 Å². The molecule has 0 radical (unpaired) electrons. The number of carbonyl (C=O) groups excluding carboxylic acids is 1. The molecule has 0 aromatic heterocycles. The van der Waals surface area contributed by atoms with Crippen LogP contribution < -0.4 is 15.4 Å². The van der Waals surface area contributed by atoms with Crippen LogP contribution in [0.3, 0.4) is 0 Å². The SMILES string of the molecule is CCC(C)(NC(=O)CCNc1cc(Cl)ccc1OC)C(=O)O. The molecule has 0 aliphatic heterocycles. The molecule has 1 rings (SSSR count). The molecule has 0 bridgehead atoms. The maximum Gasteiger partial charge on any atom is 0.329 e. The van der Waals surface area contributed by atoms with Crippen LogP contribution in [-0.2, 0) is 9.59 Å². The second-order valence-electron chi connectivity index (χ2n) is 5.06. The zero-order chi connectivity index (χ0) is 16.8. The van der Waals surface area contributed by atoms with Crippen molar-refractivity contribution < 1.29 is 19.4 Å². The fourth-order valence-electron chi connectivity index (χ4n) is 1.79. The highest BCUT2D eigenvalue weighted by atomic mass is 35.5. The minimum absolute atomic E-state index is 0.137. The molecule has 22 heavy (non-hydrogen) atoms. The van der Waals surface area contributed by atoms with Gasteiger partial charge < -0.3 is 20.5 Å². The van der Waals surface area contributed by atoms with Crippen LogP contribution in [0, 0.1) is 0 Å². The van der Waals surface area contributed by atoms with E-state index in [9.17, 15) is 9.59 Å². The number of carbonyl (C=O) groups is 2. The lowest BCUT2D eigenvalue weighted by molar-refractivity contribution is -0.147. The molecule has 1 amide bonds. The summed E-state index contributed by atoms with van der Waals surface area (Å²) in [6.45, 7) is 3.53. The van der Waals surface area contributed by atoms with Crippen LogP contribution in [0.5, 0.6) is 5.75 Å². The fraction of sp³-hybridized carbons (Fsp3) is 0.467. The van der Waals surface area contributed by atoms with Crippen molar-refractivity contribution in [3.8, 4) is 5.75 Å². The molecule has 6 nitrogen and oxygen atoms in total. The van der Waals surface area contributed by atoms with Crippen molar-refractivity contribution in [1.29, 1.82) is 0 Å². The first-order chi connectivity index (χ1) is 10.3.